The average molecular weight is 168 g/mol. The number of terminal acetylenes is 1. The van der Waals surface area contributed by atoms with E-state index in [1.807, 2.05) is 0 Å². The maximum absolute atomic E-state index is 5.10. The van der Waals surface area contributed by atoms with E-state index >= 15 is 0 Å². The zero-order valence-corrected chi connectivity index (χ0v) is 7.02. The minimum Gasteiger partial charge on any atom is -0.416 e. The Bertz CT molecular complexity index is 264. The zero-order chi connectivity index (χ0) is 8.10. The molecule has 0 saturated carbocycles. The molecule has 0 aliphatic carbocycles. The first-order valence-electron chi connectivity index (χ1n) is 3.19. The van der Waals surface area contributed by atoms with Crippen LogP contribution >= 0.6 is 11.8 Å². The molecule has 0 bridgehead atoms. The smallest absolute Gasteiger partial charge is 0.276 e. The number of rotatable bonds is 3. The lowest BCUT2D eigenvalue weighted by molar-refractivity contribution is 0.429. The van der Waals surface area contributed by atoms with Crippen LogP contribution in [0, 0.1) is 19.3 Å². The number of hydrogen-bond donors (Lipinski definition) is 0. The molecule has 0 aromatic carbocycles. The zero-order valence-electron chi connectivity index (χ0n) is 6.20. The van der Waals surface area contributed by atoms with E-state index in [0.29, 0.717) is 11.1 Å². The van der Waals surface area contributed by atoms with Gasteiger partial charge in [0, 0.05) is 19.1 Å². The standard InChI is InChI=1S/C7H8N2OS/c1-3-4-5-11-7-9-8-6(2)10-7/h1H,4-5H2,2H3. The fourth-order valence-corrected chi connectivity index (χ4v) is 1.21. The molecule has 0 amide bonds. The van der Waals surface area contributed by atoms with E-state index in [1.54, 1.807) is 6.92 Å². The van der Waals surface area contributed by atoms with E-state index in [9.17, 15) is 0 Å². The topological polar surface area (TPSA) is 38.9 Å². The lowest BCUT2D eigenvalue weighted by Crippen LogP contribution is -1.76. The van der Waals surface area contributed by atoms with Crippen LogP contribution in [-0.2, 0) is 0 Å². The van der Waals surface area contributed by atoms with Gasteiger partial charge in [-0.3, -0.25) is 0 Å². The van der Waals surface area contributed by atoms with Crippen molar-refractivity contribution in [2.24, 2.45) is 0 Å². The normalized spacial score (nSPS) is 9.45. The minimum atomic E-state index is 0.591. The van der Waals surface area contributed by atoms with E-state index in [0.717, 1.165) is 12.2 Å². The summed E-state index contributed by atoms with van der Waals surface area (Å²) in [6.07, 6.45) is 5.80. The fraction of sp³-hybridized carbons (Fsp3) is 0.429. The van der Waals surface area contributed by atoms with E-state index in [1.165, 1.54) is 11.8 Å². The van der Waals surface area contributed by atoms with Crippen molar-refractivity contribution in [3.63, 3.8) is 0 Å². The molecule has 3 nitrogen and oxygen atoms in total. The Morgan fingerprint density at radius 3 is 3.00 bits per heavy atom. The van der Waals surface area contributed by atoms with E-state index in [-0.39, 0.29) is 0 Å². The van der Waals surface area contributed by atoms with Crippen molar-refractivity contribution in [3.05, 3.63) is 5.89 Å². The summed E-state index contributed by atoms with van der Waals surface area (Å²) in [4.78, 5) is 0. The van der Waals surface area contributed by atoms with Crippen LogP contribution in [0.15, 0.2) is 9.64 Å². The van der Waals surface area contributed by atoms with Gasteiger partial charge in [0.15, 0.2) is 0 Å². The maximum atomic E-state index is 5.10. The highest BCUT2D eigenvalue weighted by Gasteiger charge is 2.00. The average Bonchev–Trinajstić information content (AvgIpc) is 2.37. The molecule has 0 aliphatic rings. The summed E-state index contributed by atoms with van der Waals surface area (Å²) in [6.45, 7) is 1.76. The Hall–Kier alpha value is -0.950. The molecule has 1 aromatic rings. The van der Waals surface area contributed by atoms with Gasteiger partial charge in [0.2, 0.25) is 5.89 Å². The number of hydrogen-bond acceptors (Lipinski definition) is 4. The molecule has 0 radical (unpaired) electrons. The summed E-state index contributed by atoms with van der Waals surface area (Å²) in [5.41, 5.74) is 0. The molecule has 58 valence electrons. The van der Waals surface area contributed by atoms with Crippen LogP contribution in [0.2, 0.25) is 0 Å². The summed E-state index contributed by atoms with van der Waals surface area (Å²) in [5.74, 6) is 3.96. The first-order chi connectivity index (χ1) is 5.33. The van der Waals surface area contributed by atoms with Gasteiger partial charge in [0.05, 0.1) is 0 Å². The Morgan fingerprint density at radius 2 is 2.45 bits per heavy atom. The molecule has 0 saturated heterocycles. The molecule has 1 aromatic heterocycles. The van der Waals surface area contributed by atoms with Crippen LogP contribution in [0.3, 0.4) is 0 Å². The summed E-state index contributed by atoms with van der Waals surface area (Å²) in [5, 5.41) is 8.07. The number of aromatic nitrogens is 2. The third kappa shape index (κ3) is 2.64. The van der Waals surface area contributed by atoms with E-state index in [4.69, 9.17) is 10.8 Å². The summed E-state index contributed by atoms with van der Waals surface area (Å²) in [6, 6.07) is 0. The lowest BCUT2D eigenvalue weighted by Gasteiger charge is -1.87. The minimum absolute atomic E-state index is 0.591. The van der Waals surface area contributed by atoms with Crippen LogP contribution < -0.4 is 0 Å². The molecule has 0 N–H and O–H groups in total. The lowest BCUT2D eigenvalue weighted by atomic mass is 10.5. The second-order valence-electron chi connectivity index (χ2n) is 1.89. The number of aryl methyl sites for hydroxylation is 1. The summed E-state index contributed by atoms with van der Waals surface area (Å²) >= 11 is 1.48. The van der Waals surface area contributed by atoms with Gasteiger partial charge in [-0.2, -0.15) is 0 Å². The van der Waals surface area contributed by atoms with Gasteiger partial charge in [-0.05, 0) is 0 Å². The summed E-state index contributed by atoms with van der Waals surface area (Å²) < 4.78 is 5.10. The molecular formula is C7H8N2OS. The fourth-order valence-electron chi connectivity index (χ4n) is 0.534. The maximum Gasteiger partial charge on any atom is 0.276 e. The molecule has 0 spiro atoms. The first kappa shape index (κ1) is 8.15. The second-order valence-corrected chi connectivity index (χ2v) is 2.94. The van der Waals surface area contributed by atoms with Gasteiger partial charge in [-0.1, -0.05) is 11.8 Å². The highest BCUT2D eigenvalue weighted by atomic mass is 32.2. The highest BCUT2D eigenvalue weighted by molar-refractivity contribution is 7.99. The number of nitrogens with zero attached hydrogens (tertiary/aromatic N) is 2. The third-order valence-corrected chi connectivity index (χ3v) is 1.80. The van der Waals surface area contributed by atoms with Crippen molar-refractivity contribution in [2.45, 2.75) is 18.6 Å². The van der Waals surface area contributed by atoms with Crippen LogP contribution in [0.25, 0.3) is 0 Å². The Morgan fingerprint density at radius 1 is 1.64 bits per heavy atom. The molecule has 1 heterocycles. The molecular weight excluding hydrogens is 160 g/mol. The van der Waals surface area contributed by atoms with Crippen molar-refractivity contribution in [3.8, 4) is 12.3 Å². The Balaban J connectivity index is 2.34. The summed E-state index contributed by atoms with van der Waals surface area (Å²) in [7, 11) is 0. The molecule has 0 atom stereocenters. The van der Waals surface area contributed by atoms with Gasteiger partial charge in [0.25, 0.3) is 5.22 Å². The Labute approximate surface area is 69.6 Å². The van der Waals surface area contributed by atoms with Crippen molar-refractivity contribution in [2.75, 3.05) is 5.75 Å². The van der Waals surface area contributed by atoms with Gasteiger partial charge < -0.3 is 4.42 Å². The quantitative estimate of drug-likeness (QED) is 0.389. The van der Waals surface area contributed by atoms with Crippen molar-refractivity contribution >= 4 is 11.8 Å². The van der Waals surface area contributed by atoms with E-state index < -0.39 is 0 Å². The predicted molar refractivity (Wildman–Crippen MR) is 43.2 cm³/mol. The van der Waals surface area contributed by atoms with Crippen molar-refractivity contribution in [1.82, 2.24) is 10.2 Å². The van der Waals surface area contributed by atoms with Crippen LogP contribution in [-0.4, -0.2) is 16.0 Å². The van der Waals surface area contributed by atoms with Crippen molar-refractivity contribution < 1.29 is 4.42 Å². The third-order valence-electron chi connectivity index (χ3n) is 0.979. The van der Waals surface area contributed by atoms with Crippen LogP contribution in [0.5, 0.6) is 0 Å². The molecule has 0 aliphatic heterocycles. The molecule has 0 fully saturated rings. The van der Waals surface area contributed by atoms with Crippen LogP contribution in [0.4, 0.5) is 0 Å². The largest absolute Gasteiger partial charge is 0.416 e. The molecule has 0 unspecified atom stereocenters. The first-order valence-corrected chi connectivity index (χ1v) is 4.18. The van der Waals surface area contributed by atoms with Crippen LogP contribution in [0.1, 0.15) is 12.3 Å². The van der Waals surface area contributed by atoms with Gasteiger partial charge in [-0.25, -0.2) is 0 Å². The Kier molecular flexibility index (Phi) is 2.99. The van der Waals surface area contributed by atoms with E-state index in [2.05, 4.69) is 16.1 Å². The monoisotopic (exact) mass is 168 g/mol. The molecule has 1 rings (SSSR count). The molecule has 4 heteroatoms. The number of thioether (sulfide) groups is 1. The SMILES string of the molecule is C#CCCSc1nnc(C)o1. The van der Waals surface area contributed by atoms with Crippen molar-refractivity contribution in [1.29, 1.82) is 0 Å². The predicted octanol–water partition coefficient (Wildman–Crippen LogP) is 1.49. The van der Waals surface area contributed by atoms with Gasteiger partial charge in [0.1, 0.15) is 0 Å². The highest BCUT2D eigenvalue weighted by Crippen LogP contribution is 2.15. The second kappa shape index (κ2) is 4.04. The van der Waals surface area contributed by atoms with Gasteiger partial charge >= 0.3 is 0 Å². The van der Waals surface area contributed by atoms with Gasteiger partial charge in [-0.15, -0.1) is 22.5 Å². The molecule has 11 heavy (non-hydrogen) atoms.